The summed E-state index contributed by atoms with van der Waals surface area (Å²) in [5.41, 5.74) is -1.25. The largest absolute Gasteiger partial charge is 0.433 e. The molecule has 1 N–H and O–H groups in total. The topological polar surface area (TPSA) is 33.1 Å². The molecule has 78 valence electrons. The van der Waals surface area contributed by atoms with E-state index < -0.39 is 18.0 Å². The van der Waals surface area contributed by atoms with Crippen molar-refractivity contribution in [2.45, 2.75) is 12.3 Å². The fourth-order valence-electron chi connectivity index (χ4n) is 1.01. The minimum atomic E-state index is -4.53. The molecular formula is C8H7BrF3NO. The Morgan fingerprint density at radius 1 is 1.50 bits per heavy atom. The molecule has 0 saturated carbocycles. The summed E-state index contributed by atoms with van der Waals surface area (Å²) in [5.74, 6) is 0. The molecule has 6 heteroatoms. The number of aromatic nitrogens is 1. The van der Waals surface area contributed by atoms with Gasteiger partial charge in [0.15, 0.2) is 0 Å². The van der Waals surface area contributed by atoms with Crippen molar-refractivity contribution in [3.05, 3.63) is 29.6 Å². The molecule has 1 aromatic rings. The first-order chi connectivity index (χ1) is 6.46. The maximum atomic E-state index is 12.4. The van der Waals surface area contributed by atoms with Crippen LogP contribution in [0.15, 0.2) is 18.3 Å². The molecule has 1 aromatic heterocycles. The monoisotopic (exact) mass is 269 g/mol. The molecule has 1 unspecified atom stereocenters. The molecule has 2 nitrogen and oxygen atoms in total. The van der Waals surface area contributed by atoms with Gasteiger partial charge in [0.2, 0.25) is 0 Å². The summed E-state index contributed by atoms with van der Waals surface area (Å²) in [4.78, 5) is 3.21. The maximum Gasteiger partial charge on any atom is 0.433 e. The van der Waals surface area contributed by atoms with Gasteiger partial charge in [-0.15, -0.1) is 0 Å². The van der Waals surface area contributed by atoms with E-state index in [0.717, 1.165) is 6.20 Å². The lowest BCUT2D eigenvalue weighted by Gasteiger charge is -2.14. The van der Waals surface area contributed by atoms with Crippen LogP contribution in [0, 0.1) is 0 Å². The van der Waals surface area contributed by atoms with Gasteiger partial charge >= 0.3 is 6.18 Å². The minimum absolute atomic E-state index is 0.0434. The summed E-state index contributed by atoms with van der Waals surface area (Å²) < 4.78 is 37.1. The average molecular weight is 270 g/mol. The van der Waals surface area contributed by atoms with E-state index in [4.69, 9.17) is 0 Å². The van der Waals surface area contributed by atoms with Crippen LogP contribution in [0.3, 0.4) is 0 Å². The smallest absolute Gasteiger partial charge is 0.387 e. The van der Waals surface area contributed by atoms with Crippen molar-refractivity contribution in [2.75, 3.05) is 5.33 Å². The molecule has 0 aliphatic carbocycles. The van der Waals surface area contributed by atoms with Crippen LogP contribution in [0.5, 0.6) is 0 Å². The highest BCUT2D eigenvalue weighted by molar-refractivity contribution is 9.09. The van der Waals surface area contributed by atoms with Crippen LogP contribution in [0.4, 0.5) is 13.2 Å². The van der Waals surface area contributed by atoms with Crippen molar-refractivity contribution in [3.8, 4) is 0 Å². The zero-order valence-electron chi connectivity index (χ0n) is 6.92. The molecule has 0 bridgehead atoms. The van der Waals surface area contributed by atoms with Crippen molar-refractivity contribution in [2.24, 2.45) is 0 Å². The zero-order valence-corrected chi connectivity index (χ0v) is 8.51. The number of nitrogens with zero attached hydrogens (tertiary/aromatic N) is 1. The van der Waals surface area contributed by atoms with Crippen LogP contribution in [-0.4, -0.2) is 15.4 Å². The summed E-state index contributed by atoms with van der Waals surface area (Å²) in [7, 11) is 0. The van der Waals surface area contributed by atoms with Gasteiger partial charge in [-0.2, -0.15) is 13.2 Å². The normalized spacial score (nSPS) is 14.1. The van der Waals surface area contributed by atoms with E-state index in [2.05, 4.69) is 20.9 Å². The lowest BCUT2D eigenvalue weighted by Crippen LogP contribution is -2.14. The number of pyridine rings is 1. The predicted molar refractivity (Wildman–Crippen MR) is 48.0 cm³/mol. The van der Waals surface area contributed by atoms with Crippen LogP contribution in [0.25, 0.3) is 0 Å². The summed E-state index contributed by atoms with van der Waals surface area (Å²) in [6, 6.07) is 2.57. The van der Waals surface area contributed by atoms with Crippen LogP contribution in [0.2, 0.25) is 0 Å². The Labute approximate surface area is 86.9 Å². The Hall–Kier alpha value is -0.620. The Kier molecular flexibility index (Phi) is 3.49. The minimum Gasteiger partial charge on any atom is -0.387 e. The molecule has 0 aliphatic heterocycles. The third kappa shape index (κ3) is 2.45. The van der Waals surface area contributed by atoms with Crippen molar-refractivity contribution in [1.29, 1.82) is 0 Å². The Balaban J connectivity index is 3.16. The first-order valence-electron chi connectivity index (χ1n) is 3.73. The van der Waals surface area contributed by atoms with Crippen LogP contribution in [0.1, 0.15) is 17.4 Å². The number of halogens is 4. The van der Waals surface area contributed by atoms with Crippen LogP contribution < -0.4 is 0 Å². The molecule has 0 aromatic carbocycles. The van der Waals surface area contributed by atoms with E-state index in [0.29, 0.717) is 0 Å². The predicted octanol–water partition coefficient (Wildman–Crippen LogP) is 2.53. The number of aliphatic hydroxyl groups is 1. The summed E-state index contributed by atoms with van der Waals surface area (Å²) >= 11 is 2.91. The second-order valence-corrected chi connectivity index (χ2v) is 3.26. The van der Waals surface area contributed by atoms with Gasteiger partial charge in [-0.05, 0) is 6.07 Å². The van der Waals surface area contributed by atoms with Gasteiger partial charge in [-0.3, -0.25) is 4.98 Å². The van der Waals surface area contributed by atoms with Gasteiger partial charge < -0.3 is 5.11 Å². The standard InChI is InChI=1S/C8H7BrF3NO/c9-4-6(14)5-2-1-3-13-7(5)8(10,11)12/h1-3,6,14H,4H2. The van der Waals surface area contributed by atoms with Crippen molar-refractivity contribution >= 4 is 15.9 Å². The number of hydrogen-bond donors (Lipinski definition) is 1. The van der Waals surface area contributed by atoms with Gasteiger partial charge in [0.1, 0.15) is 5.69 Å². The average Bonchev–Trinajstić information content (AvgIpc) is 2.15. The second-order valence-electron chi connectivity index (χ2n) is 2.61. The fourth-order valence-corrected chi connectivity index (χ4v) is 1.36. The van der Waals surface area contributed by atoms with Crippen molar-refractivity contribution in [1.82, 2.24) is 4.98 Å². The molecule has 1 atom stereocenters. The van der Waals surface area contributed by atoms with Crippen molar-refractivity contribution in [3.63, 3.8) is 0 Å². The highest BCUT2D eigenvalue weighted by Crippen LogP contribution is 2.33. The first-order valence-corrected chi connectivity index (χ1v) is 4.85. The van der Waals surface area contributed by atoms with E-state index in [1.54, 1.807) is 0 Å². The third-order valence-corrected chi connectivity index (χ3v) is 2.23. The van der Waals surface area contributed by atoms with Crippen molar-refractivity contribution < 1.29 is 18.3 Å². The number of rotatable bonds is 2. The van der Waals surface area contributed by atoms with E-state index in [-0.39, 0.29) is 10.9 Å². The number of alkyl halides is 4. The highest BCUT2D eigenvalue weighted by Gasteiger charge is 2.36. The zero-order chi connectivity index (χ0) is 10.8. The highest BCUT2D eigenvalue weighted by atomic mass is 79.9. The van der Waals surface area contributed by atoms with E-state index in [1.807, 2.05) is 0 Å². The Bertz CT molecular complexity index is 316. The van der Waals surface area contributed by atoms with E-state index in [1.165, 1.54) is 12.1 Å². The maximum absolute atomic E-state index is 12.4. The van der Waals surface area contributed by atoms with Gasteiger partial charge in [0.05, 0.1) is 6.10 Å². The molecule has 0 aliphatic rings. The Morgan fingerprint density at radius 3 is 2.64 bits per heavy atom. The van der Waals surface area contributed by atoms with Gasteiger partial charge in [-0.1, -0.05) is 22.0 Å². The van der Waals surface area contributed by atoms with Gasteiger partial charge in [-0.25, -0.2) is 0 Å². The van der Waals surface area contributed by atoms with Gasteiger partial charge in [0.25, 0.3) is 0 Å². The molecule has 14 heavy (non-hydrogen) atoms. The first kappa shape index (κ1) is 11.5. The van der Waals surface area contributed by atoms with Gasteiger partial charge in [0, 0.05) is 17.1 Å². The molecule has 1 heterocycles. The molecule has 0 saturated heterocycles. The quantitative estimate of drug-likeness (QED) is 0.838. The summed E-state index contributed by atoms with van der Waals surface area (Å²) in [5, 5.41) is 9.33. The summed E-state index contributed by atoms with van der Waals surface area (Å²) in [6.45, 7) is 0. The molecule has 0 radical (unpaired) electrons. The molecule has 1 rings (SSSR count). The fraction of sp³-hybridized carbons (Fsp3) is 0.375. The number of hydrogen-bond acceptors (Lipinski definition) is 2. The van der Waals surface area contributed by atoms with E-state index in [9.17, 15) is 18.3 Å². The second kappa shape index (κ2) is 4.27. The SMILES string of the molecule is OC(CBr)c1cccnc1C(F)(F)F. The lowest BCUT2D eigenvalue weighted by molar-refractivity contribution is -0.142. The molecular weight excluding hydrogens is 263 g/mol. The molecule has 0 fully saturated rings. The third-order valence-electron chi connectivity index (χ3n) is 1.61. The van der Waals surface area contributed by atoms with E-state index >= 15 is 0 Å². The lowest BCUT2D eigenvalue weighted by atomic mass is 10.1. The molecule has 0 amide bonds. The molecule has 0 spiro atoms. The number of aliphatic hydroxyl groups excluding tert-OH is 1. The summed E-state index contributed by atoms with van der Waals surface area (Å²) in [6.07, 6.45) is -4.67. The Morgan fingerprint density at radius 2 is 2.14 bits per heavy atom. The van der Waals surface area contributed by atoms with Crippen LogP contribution in [-0.2, 0) is 6.18 Å². The van der Waals surface area contributed by atoms with Crippen LogP contribution >= 0.6 is 15.9 Å².